The molecule has 162 valence electrons. The lowest BCUT2D eigenvalue weighted by atomic mass is 9.96. The topological polar surface area (TPSA) is 129 Å². The quantitative estimate of drug-likeness (QED) is 0.616. The summed E-state index contributed by atoms with van der Waals surface area (Å²) in [6.07, 6.45) is -0.584. The second kappa shape index (κ2) is 8.44. The molecule has 9 nitrogen and oxygen atoms in total. The van der Waals surface area contributed by atoms with E-state index >= 15 is 0 Å². The smallest absolute Gasteiger partial charge is 0.404 e. The number of ether oxygens (including phenoxy) is 1. The molecular weight excluding hydrogens is 427 g/mol. The maximum Gasteiger partial charge on any atom is 0.404 e. The second-order valence-electron chi connectivity index (χ2n) is 7.04. The van der Waals surface area contributed by atoms with E-state index in [1.807, 2.05) is 30.3 Å². The molecule has 2 aromatic carbocycles. The summed E-state index contributed by atoms with van der Waals surface area (Å²) in [4.78, 5) is 14.9. The van der Waals surface area contributed by atoms with E-state index < -0.39 is 28.0 Å². The molecule has 1 fully saturated rings. The van der Waals surface area contributed by atoms with E-state index in [2.05, 4.69) is 14.9 Å². The fourth-order valence-electron chi connectivity index (χ4n) is 3.60. The summed E-state index contributed by atoms with van der Waals surface area (Å²) in [6, 6.07) is 13.4. The van der Waals surface area contributed by atoms with Crippen LogP contribution >= 0.6 is 0 Å². The lowest BCUT2D eigenvalue weighted by Gasteiger charge is -2.21. The van der Waals surface area contributed by atoms with Gasteiger partial charge >= 0.3 is 6.09 Å². The molecule has 3 aromatic rings. The molecule has 0 aliphatic carbocycles. The molecule has 2 atom stereocenters. The molecule has 1 saturated heterocycles. The number of hydrogen-bond donors (Lipinski definition) is 1. The zero-order chi connectivity index (χ0) is 22.0. The first kappa shape index (κ1) is 20.9. The lowest BCUT2D eigenvalue weighted by molar-refractivity contribution is 0.146. The maximum atomic E-state index is 13.4. The third-order valence-electron chi connectivity index (χ3n) is 5.06. The number of carbonyl (C=O) groups excluding carboxylic acids is 1. The summed E-state index contributed by atoms with van der Waals surface area (Å²) in [6.45, 7) is -0.109. The predicted molar refractivity (Wildman–Crippen MR) is 106 cm³/mol. The number of benzene rings is 2. The number of rotatable bonds is 6. The lowest BCUT2D eigenvalue weighted by Crippen LogP contribution is -2.31. The SMILES string of the molecule is NC(=O)OCc1noc([C@@H]2C[C@@H](c3ccccc3)CN2S(=O)(=O)c2ccc(F)cc2)n1. The van der Waals surface area contributed by atoms with Crippen molar-refractivity contribution in [1.29, 1.82) is 0 Å². The molecule has 0 unspecified atom stereocenters. The van der Waals surface area contributed by atoms with Gasteiger partial charge in [0.2, 0.25) is 21.7 Å². The molecule has 1 aromatic heterocycles. The first-order chi connectivity index (χ1) is 14.8. The van der Waals surface area contributed by atoms with Crippen molar-refractivity contribution in [3.8, 4) is 0 Å². The van der Waals surface area contributed by atoms with Gasteiger partial charge < -0.3 is 15.0 Å². The van der Waals surface area contributed by atoms with Gasteiger partial charge in [0.05, 0.1) is 4.90 Å². The van der Waals surface area contributed by atoms with E-state index in [1.165, 1.54) is 16.4 Å². The highest BCUT2D eigenvalue weighted by Gasteiger charge is 2.44. The number of carbonyl (C=O) groups is 1. The number of primary amides is 1. The van der Waals surface area contributed by atoms with Gasteiger partial charge in [-0.1, -0.05) is 35.5 Å². The Kier molecular flexibility index (Phi) is 5.70. The van der Waals surface area contributed by atoms with Crippen LogP contribution in [0.1, 0.15) is 35.7 Å². The van der Waals surface area contributed by atoms with E-state index in [1.54, 1.807) is 0 Å². The van der Waals surface area contributed by atoms with Crippen molar-refractivity contribution in [2.45, 2.75) is 29.9 Å². The van der Waals surface area contributed by atoms with E-state index in [-0.39, 0.29) is 35.7 Å². The van der Waals surface area contributed by atoms with Crippen LogP contribution in [0.5, 0.6) is 0 Å². The first-order valence-electron chi connectivity index (χ1n) is 9.41. The van der Waals surface area contributed by atoms with Gasteiger partial charge in [-0.05, 0) is 42.2 Å². The number of sulfonamides is 1. The van der Waals surface area contributed by atoms with Crippen LogP contribution in [0.15, 0.2) is 64.0 Å². The van der Waals surface area contributed by atoms with E-state index in [0.717, 1.165) is 17.7 Å². The Morgan fingerprint density at radius 1 is 1.19 bits per heavy atom. The van der Waals surface area contributed by atoms with E-state index in [4.69, 9.17) is 10.3 Å². The Balaban J connectivity index is 1.68. The van der Waals surface area contributed by atoms with Gasteiger partial charge in [0.15, 0.2) is 6.61 Å². The summed E-state index contributed by atoms with van der Waals surface area (Å²) >= 11 is 0. The predicted octanol–water partition coefficient (Wildman–Crippen LogP) is 2.72. The minimum Gasteiger partial charge on any atom is -0.441 e. The van der Waals surface area contributed by atoms with Crippen molar-refractivity contribution >= 4 is 16.1 Å². The number of nitrogens with two attached hydrogens (primary N) is 1. The van der Waals surface area contributed by atoms with Crippen LogP contribution < -0.4 is 5.73 Å². The Labute approximate surface area is 177 Å². The van der Waals surface area contributed by atoms with Gasteiger partial charge in [0.1, 0.15) is 11.9 Å². The van der Waals surface area contributed by atoms with Crippen LogP contribution in [0.4, 0.5) is 9.18 Å². The monoisotopic (exact) mass is 446 g/mol. The molecule has 0 radical (unpaired) electrons. The normalized spacial score (nSPS) is 19.4. The third kappa shape index (κ3) is 4.42. The largest absolute Gasteiger partial charge is 0.441 e. The molecule has 0 spiro atoms. The highest BCUT2D eigenvalue weighted by atomic mass is 32.2. The average molecular weight is 446 g/mol. The molecule has 1 amide bonds. The fourth-order valence-corrected chi connectivity index (χ4v) is 5.24. The van der Waals surface area contributed by atoms with Gasteiger partial charge in [-0.2, -0.15) is 9.29 Å². The molecule has 4 rings (SSSR count). The number of halogens is 1. The highest BCUT2D eigenvalue weighted by molar-refractivity contribution is 7.89. The Bertz CT molecular complexity index is 1170. The zero-order valence-electron chi connectivity index (χ0n) is 16.2. The molecule has 0 bridgehead atoms. The van der Waals surface area contributed by atoms with Crippen molar-refractivity contribution in [2.24, 2.45) is 5.73 Å². The Morgan fingerprint density at radius 2 is 1.90 bits per heavy atom. The van der Waals surface area contributed by atoms with E-state index in [9.17, 15) is 17.6 Å². The van der Waals surface area contributed by atoms with Crippen LogP contribution in [-0.2, 0) is 21.4 Å². The molecule has 0 saturated carbocycles. The Hall–Kier alpha value is -3.31. The van der Waals surface area contributed by atoms with Crippen molar-refractivity contribution < 1.29 is 26.9 Å². The highest BCUT2D eigenvalue weighted by Crippen LogP contribution is 2.43. The van der Waals surface area contributed by atoms with Gasteiger partial charge in [0.25, 0.3) is 0 Å². The summed E-state index contributed by atoms with van der Waals surface area (Å²) < 4.78 is 51.3. The van der Waals surface area contributed by atoms with Crippen LogP contribution in [0.25, 0.3) is 0 Å². The van der Waals surface area contributed by atoms with Gasteiger partial charge in [-0.3, -0.25) is 0 Å². The van der Waals surface area contributed by atoms with Crippen molar-refractivity contribution in [1.82, 2.24) is 14.4 Å². The van der Waals surface area contributed by atoms with E-state index in [0.29, 0.717) is 6.42 Å². The molecular formula is C20H19FN4O5S. The van der Waals surface area contributed by atoms with Gasteiger partial charge in [-0.25, -0.2) is 17.6 Å². The van der Waals surface area contributed by atoms with Crippen molar-refractivity contribution in [3.63, 3.8) is 0 Å². The van der Waals surface area contributed by atoms with Crippen LogP contribution in [0.2, 0.25) is 0 Å². The third-order valence-corrected chi connectivity index (χ3v) is 6.95. The summed E-state index contributed by atoms with van der Waals surface area (Å²) in [5.41, 5.74) is 5.92. The minimum absolute atomic E-state index is 0.0376. The average Bonchev–Trinajstić information content (AvgIpc) is 3.41. The summed E-state index contributed by atoms with van der Waals surface area (Å²) in [5, 5.41) is 3.74. The fraction of sp³-hybridized carbons (Fsp3) is 0.250. The van der Waals surface area contributed by atoms with Gasteiger partial charge in [0, 0.05) is 6.54 Å². The van der Waals surface area contributed by atoms with Gasteiger partial charge in [-0.15, -0.1) is 0 Å². The number of aromatic nitrogens is 2. The number of hydrogen-bond acceptors (Lipinski definition) is 7. The van der Waals surface area contributed by atoms with Crippen LogP contribution in [-0.4, -0.2) is 35.5 Å². The standard InChI is InChI=1S/C20H19FN4O5S/c21-15-6-8-16(9-7-15)31(27,28)25-11-14(13-4-2-1-3-5-13)10-17(25)19-23-18(24-30-19)12-29-20(22)26/h1-9,14,17H,10-12H2,(H2,22,26)/t14-,17+/m1/s1. The molecule has 31 heavy (non-hydrogen) atoms. The van der Waals surface area contributed by atoms with Crippen molar-refractivity contribution in [2.75, 3.05) is 6.54 Å². The minimum atomic E-state index is -3.98. The van der Waals surface area contributed by atoms with Crippen LogP contribution in [0, 0.1) is 5.82 Å². The van der Waals surface area contributed by atoms with Crippen LogP contribution in [0.3, 0.4) is 0 Å². The zero-order valence-corrected chi connectivity index (χ0v) is 17.0. The summed E-state index contributed by atoms with van der Waals surface area (Å²) in [7, 11) is -3.98. The Morgan fingerprint density at radius 3 is 2.58 bits per heavy atom. The summed E-state index contributed by atoms with van der Waals surface area (Å²) in [5.74, 6) is -0.503. The van der Waals surface area contributed by atoms with Crippen molar-refractivity contribution in [3.05, 3.63) is 77.7 Å². The molecule has 1 aliphatic rings. The molecule has 2 N–H and O–H groups in total. The number of amides is 1. The maximum absolute atomic E-state index is 13.4. The second-order valence-corrected chi connectivity index (χ2v) is 8.93. The number of nitrogens with zero attached hydrogens (tertiary/aromatic N) is 3. The first-order valence-corrected chi connectivity index (χ1v) is 10.9. The molecule has 1 aliphatic heterocycles. The molecule has 11 heteroatoms. The molecule has 2 heterocycles.